The highest BCUT2D eigenvalue weighted by Gasteiger charge is 2.21. The summed E-state index contributed by atoms with van der Waals surface area (Å²) >= 11 is 0. The van der Waals surface area contributed by atoms with Crippen LogP contribution in [0.25, 0.3) is 111 Å². The number of para-hydroxylation sites is 2. The standard InChI is InChI=1S/C49H29N3O2/c1-2-12-30(13-3-1)33-15-10-16-35(28-33)48-50-47(32-26-24-31(25-27-32)36-20-11-23-43-44(36)38-18-6-8-21-41(38)53-43)51-49(52-48)40-29-34-14-4-5-17-37(34)45-39-19-7-9-22-42(39)54-46(40)45/h1-29H. The summed E-state index contributed by atoms with van der Waals surface area (Å²) < 4.78 is 12.8. The van der Waals surface area contributed by atoms with Gasteiger partial charge >= 0.3 is 0 Å². The van der Waals surface area contributed by atoms with E-state index in [1.54, 1.807) is 0 Å². The lowest BCUT2D eigenvalue weighted by atomic mass is 9.98. The molecule has 0 aliphatic carbocycles. The van der Waals surface area contributed by atoms with Crippen molar-refractivity contribution in [1.29, 1.82) is 0 Å². The fraction of sp³-hybridized carbons (Fsp3) is 0. The molecule has 0 fully saturated rings. The smallest absolute Gasteiger partial charge is 0.167 e. The van der Waals surface area contributed by atoms with Gasteiger partial charge in [0.25, 0.3) is 0 Å². The van der Waals surface area contributed by atoms with Crippen LogP contribution in [0.4, 0.5) is 0 Å². The molecule has 11 aromatic rings. The number of benzene rings is 8. The Bertz CT molecular complexity index is 3210. The number of nitrogens with zero attached hydrogens (tertiary/aromatic N) is 3. The first kappa shape index (κ1) is 30.3. The van der Waals surface area contributed by atoms with E-state index in [1.165, 1.54) is 0 Å². The number of hydrogen-bond donors (Lipinski definition) is 0. The summed E-state index contributed by atoms with van der Waals surface area (Å²) in [6.45, 7) is 0. The van der Waals surface area contributed by atoms with Crippen molar-refractivity contribution < 1.29 is 8.83 Å². The Morgan fingerprint density at radius 1 is 0.315 bits per heavy atom. The molecule has 0 atom stereocenters. The predicted octanol–water partition coefficient (Wildman–Crippen LogP) is 13.2. The zero-order chi connectivity index (χ0) is 35.6. The van der Waals surface area contributed by atoms with Crippen LogP contribution in [0.15, 0.2) is 185 Å². The van der Waals surface area contributed by atoms with Crippen molar-refractivity contribution in [1.82, 2.24) is 15.0 Å². The van der Waals surface area contributed by atoms with Gasteiger partial charge in [0.15, 0.2) is 17.5 Å². The van der Waals surface area contributed by atoms with Crippen molar-refractivity contribution in [2.24, 2.45) is 0 Å². The molecule has 0 bridgehead atoms. The molecular formula is C49H29N3O2. The first-order chi connectivity index (χ1) is 26.7. The second-order valence-corrected chi connectivity index (χ2v) is 13.6. The maximum Gasteiger partial charge on any atom is 0.167 e. The van der Waals surface area contributed by atoms with Crippen molar-refractivity contribution in [3.63, 3.8) is 0 Å². The fourth-order valence-electron chi connectivity index (χ4n) is 7.78. The van der Waals surface area contributed by atoms with Gasteiger partial charge < -0.3 is 8.83 Å². The molecule has 54 heavy (non-hydrogen) atoms. The van der Waals surface area contributed by atoms with Crippen LogP contribution in [0, 0.1) is 0 Å². The first-order valence-corrected chi connectivity index (χ1v) is 18.0. The molecule has 0 spiro atoms. The number of furan rings is 2. The van der Waals surface area contributed by atoms with Crippen molar-refractivity contribution in [3.05, 3.63) is 176 Å². The molecule has 5 nitrogen and oxygen atoms in total. The molecule has 5 heteroatoms. The van der Waals surface area contributed by atoms with Gasteiger partial charge in [0.2, 0.25) is 0 Å². The summed E-state index contributed by atoms with van der Waals surface area (Å²) in [4.78, 5) is 15.5. The Labute approximate surface area is 309 Å². The Kier molecular flexibility index (Phi) is 6.79. The lowest BCUT2D eigenvalue weighted by molar-refractivity contribution is 0.669. The van der Waals surface area contributed by atoms with Crippen molar-refractivity contribution in [2.75, 3.05) is 0 Å². The van der Waals surface area contributed by atoms with Gasteiger partial charge in [-0.05, 0) is 63.4 Å². The summed E-state index contributed by atoms with van der Waals surface area (Å²) in [7, 11) is 0. The summed E-state index contributed by atoms with van der Waals surface area (Å²) in [5, 5.41) is 6.54. The SMILES string of the molecule is c1ccc(-c2cccc(-c3nc(-c4ccc(-c5cccc6oc7ccccc7c56)cc4)nc(-c4cc5ccccc5c5c4oc4ccccc45)n3)c2)cc1. The number of rotatable bonds is 5. The van der Waals surface area contributed by atoms with Gasteiger partial charge in [-0.1, -0.05) is 146 Å². The van der Waals surface area contributed by atoms with E-state index in [1.807, 2.05) is 42.5 Å². The minimum atomic E-state index is 0.550. The van der Waals surface area contributed by atoms with Crippen LogP contribution < -0.4 is 0 Å². The summed E-state index contributed by atoms with van der Waals surface area (Å²) in [6.07, 6.45) is 0. The Balaban J connectivity index is 1.12. The van der Waals surface area contributed by atoms with Crippen LogP contribution in [0.1, 0.15) is 0 Å². The van der Waals surface area contributed by atoms with Gasteiger partial charge in [-0.25, -0.2) is 15.0 Å². The fourth-order valence-corrected chi connectivity index (χ4v) is 7.78. The molecule has 0 unspecified atom stereocenters. The van der Waals surface area contributed by atoms with E-state index in [2.05, 4.69) is 133 Å². The van der Waals surface area contributed by atoms with Crippen molar-refractivity contribution in [3.8, 4) is 56.4 Å². The van der Waals surface area contributed by atoms with E-state index in [0.717, 1.165) is 93.6 Å². The molecule has 0 amide bonds. The highest BCUT2D eigenvalue weighted by Crippen LogP contribution is 2.41. The lowest BCUT2D eigenvalue weighted by Gasteiger charge is -2.11. The summed E-state index contributed by atoms with van der Waals surface area (Å²) in [5.41, 5.74) is 10.3. The molecule has 0 saturated heterocycles. The molecule has 0 aliphatic heterocycles. The molecule has 11 rings (SSSR count). The Hall–Kier alpha value is -7.37. The first-order valence-electron chi connectivity index (χ1n) is 18.0. The molecule has 0 N–H and O–H groups in total. The normalized spacial score (nSPS) is 11.7. The molecule has 252 valence electrons. The molecule has 0 saturated carbocycles. The molecular weight excluding hydrogens is 663 g/mol. The number of aromatic nitrogens is 3. The van der Waals surface area contributed by atoms with Crippen LogP contribution in [-0.2, 0) is 0 Å². The second kappa shape index (κ2) is 12.1. The Morgan fingerprint density at radius 3 is 1.70 bits per heavy atom. The summed E-state index contributed by atoms with van der Waals surface area (Å²) in [6, 6.07) is 60.4. The number of fused-ring (bicyclic) bond motifs is 8. The second-order valence-electron chi connectivity index (χ2n) is 13.6. The van der Waals surface area contributed by atoms with Crippen molar-refractivity contribution in [2.45, 2.75) is 0 Å². The maximum absolute atomic E-state index is 6.63. The van der Waals surface area contributed by atoms with Crippen LogP contribution in [0.2, 0.25) is 0 Å². The molecule has 0 aliphatic rings. The maximum atomic E-state index is 6.63. The minimum Gasteiger partial charge on any atom is -0.456 e. The largest absolute Gasteiger partial charge is 0.456 e. The third kappa shape index (κ3) is 4.90. The minimum absolute atomic E-state index is 0.550. The van der Waals surface area contributed by atoms with Gasteiger partial charge in [0.05, 0.1) is 5.56 Å². The Morgan fingerprint density at radius 2 is 0.889 bits per heavy atom. The van der Waals surface area contributed by atoms with E-state index in [9.17, 15) is 0 Å². The van der Waals surface area contributed by atoms with Crippen LogP contribution >= 0.6 is 0 Å². The van der Waals surface area contributed by atoms with Crippen LogP contribution in [0.5, 0.6) is 0 Å². The van der Waals surface area contributed by atoms with Gasteiger partial charge in [-0.15, -0.1) is 0 Å². The van der Waals surface area contributed by atoms with E-state index >= 15 is 0 Å². The van der Waals surface area contributed by atoms with E-state index in [-0.39, 0.29) is 0 Å². The van der Waals surface area contributed by atoms with Gasteiger partial charge in [0.1, 0.15) is 22.3 Å². The average molecular weight is 692 g/mol. The topological polar surface area (TPSA) is 65.0 Å². The lowest BCUT2D eigenvalue weighted by Crippen LogP contribution is -2.00. The average Bonchev–Trinajstić information content (AvgIpc) is 3.83. The van der Waals surface area contributed by atoms with Gasteiger partial charge in [0, 0.05) is 32.7 Å². The van der Waals surface area contributed by atoms with Gasteiger partial charge in [-0.3, -0.25) is 0 Å². The van der Waals surface area contributed by atoms with E-state index in [0.29, 0.717) is 17.5 Å². The third-order valence-electron chi connectivity index (χ3n) is 10.3. The zero-order valence-electron chi connectivity index (χ0n) is 28.9. The van der Waals surface area contributed by atoms with E-state index < -0.39 is 0 Å². The summed E-state index contributed by atoms with van der Waals surface area (Å²) in [5.74, 6) is 1.72. The molecule has 3 heterocycles. The van der Waals surface area contributed by atoms with Gasteiger partial charge in [-0.2, -0.15) is 0 Å². The van der Waals surface area contributed by atoms with E-state index in [4.69, 9.17) is 23.8 Å². The quantitative estimate of drug-likeness (QED) is 0.180. The molecule has 8 aromatic carbocycles. The van der Waals surface area contributed by atoms with Crippen LogP contribution in [-0.4, -0.2) is 15.0 Å². The monoisotopic (exact) mass is 691 g/mol. The molecule has 3 aromatic heterocycles. The third-order valence-corrected chi connectivity index (χ3v) is 10.3. The number of hydrogen-bond acceptors (Lipinski definition) is 5. The predicted molar refractivity (Wildman–Crippen MR) is 219 cm³/mol. The highest BCUT2D eigenvalue weighted by molar-refractivity contribution is 6.22. The molecule has 0 radical (unpaired) electrons. The van der Waals surface area contributed by atoms with Crippen LogP contribution in [0.3, 0.4) is 0 Å². The zero-order valence-corrected chi connectivity index (χ0v) is 28.9. The van der Waals surface area contributed by atoms with Crippen molar-refractivity contribution >= 4 is 54.6 Å². The highest BCUT2D eigenvalue weighted by atomic mass is 16.3.